The highest BCUT2D eigenvalue weighted by Crippen LogP contribution is 2.28. The maximum atomic E-state index is 13.0. The monoisotopic (exact) mass is 495 g/mol. The smallest absolute Gasteiger partial charge is 0.255 e. The van der Waals surface area contributed by atoms with Gasteiger partial charge in [-0.25, -0.2) is 0 Å². The van der Waals surface area contributed by atoms with Gasteiger partial charge < -0.3 is 24.7 Å². The Morgan fingerprint density at radius 1 is 1.00 bits per heavy atom. The van der Waals surface area contributed by atoms with Crippen LogP contribution in [0.25, 0.3) is 0 Å². The molecule has 8 heteroatoms. The van der Waals surface area contributed by atoms with E-state index in [0.29, 0.717) is 36.0 Å². The van der Waals surface area contributed by atoms with Crippen molar-refractivity contribution in [1.82, 2.24) is 14.8 Å². The molecule has 2 atom stereocenters. The first-order valence-electron chi connectivity index (χ1n) is 13.0. The molecule has 2 N–H and O–H groups in total. The van der Waals surface area contributed by atoms with Gasteiger partial charge in [-0.05, 0) is 80.8 Å². The number of hydrogen-bond donors (Lipinski definition) is 2. The van der Waals surface area contributed by atoms with Crippen LogP contribution in [0.15, 0.2) is 42.7 Å². The zero-order valence-corrected chi connectivity index (χ0v) is 21.0. The SMILES string of the molecule is CN(C(=O)c1ccc2c(c1)CCCCCN(C(=O)c1cccnc1)CC[C@H](O)[C@H](O)CO2)C1CCC1. The van der Waals surface area contributed by atoms with Gasteiger partial charge in [0.1, 0.15) is 18.5 Å². The Hall–Kier alpha value is -2.97. The van der Waals surface area contributed by atoms with Gasteiger partial charge >= 0.3 is 0 Å². The number of ether oxygens (including phenoxy) is 1. The zero-order valence-electron chi connectivity index (χ0n) is 21.0. The number of aliphatic hydroxyl groups excluding tert-OH is 2. The normalized spacial score (nSPS) is 21.9. The van der Waals surface area contributed by atoms with Crippen LogP contribution in [0.4, 0.5) is 0 Å². The number of pyridine rings is 1. The fourth-order valence-electron chi connectivity index (χ4n) is 4.74. The lowest BCUT2D eigenvalue weighted by Gasteiger charge is -2.34. The highest BCUT2D eigenvalue weighted by Gasteiger charge is 2.27. The molecule has 0 saturated heterocycles. The molecule has 0 unspecified atom stereocenters. The summed E-state index contributed by atoms with van der Waals surface area (Å²) in [5.41, 5.74) is 2.07. The quantitative estimate of drug-likeness (QED) is 0.679. The van der Waals surface area contributed by atoms with Crippen LogP contribution in [0.2, 0.25) is 0 Å². The molecule has 1 aliphatic carbocycles. The third-order valence-electron chi connectivity index (χ3n) is 7.37. The first-order valence-corrected chi connectivity index (χ1v) is 13.0. The number of nitrogens with zero attached hydrogens (tertiary/aromatic N) is 3. The number of carbonyl (C=O) groups is 2. The van der Waals surface area contributed by atoms with Crippen LogP contribution in [0.5, 0.6) is 5.75 Å². The number of carbonyl (C=O) groups excluding carboxylic acids is 2. The van der Waals surface area contributed by atoms with Crippen LogP contribution < -0.4 is 4.74 Å². The van der Waals surface area contributed by atoms with Crippen LogP contribution >= 0.6 is 0 Å². The van der Waals surface area contributed by atoms with Crippen molar-refractivity contribution in [2.45, 2.75) is 69.6 Å². The number of amides is 2. The topological polar surface area (TPSA) is 103 Å². The van der Waals surface area contributed by atoms with E-state index in [0.717, 1.165) is 44.1 Å². The van der Waals surface area contributed by atoms with Crippen LogP contribution in [0, 0.1) is 0 Å². The largest absolute Gasteiger partial charge is 0.491 e. The van der Waals surface area contributed by atoms with Crippen LogP contribution in [-0.4, -0.2) is 81.8 Å². The number of benzene rings is 1. The van der Waals surface area contributed by atoms with Crippen molar-refractivity contribution in [1.29, 1.82) is 0 Å². The Morgan fingerprint density at radius 3 is 2.56 bits per heavy atom. The van der Waals surface area contributed by atoms with E-state index in [9.17, 15) is 19.8 Å². The van der Waals surface area contributed by atoms with Crippen molar-refractivity contribution in [2.24, 2.45) is 0 Å². The van der Waals surface area contributed by atoms with E-state index in [2.05, 4.69) is 4.98 Å². The Balaban J connectivity index is 1.47. The molecule has 2 aliphatic rings. The minimum Gasteiger partial charge on any atom is -0.491 e. The molecule has 1 saturated carbocycles. The van der Waals surface area contributed by atoms with E-state index in [1.54, 1.807) is 41.6 Å². The summed E-state index contributed by atoms with van der Waals surface area (Å²) >= 11 is 0. The molecule has 1 aliphatic heterocycles. The maximum Gasteiger partial charge on any atom is 0.255 e. The lowest BCUT2D eigenvalue weighted by atomic mass is 9.91. The second-order valence-electron chi connectivity index (χ2n) is 9.90. The van der Waals surface area contributed by atoms with Gasteiger partial charge in [0, 0.05) is 44.1 Å². The Bertz CT molecular complexity index is 1030. The fourth-order valence-corrected chi connectivity index (χ4v) is 4.74. The fraction of sp³-hybridized carbons (Fsp3) is 0.536. The molecule has 0 spiro atoms. The molecule has 2 amide bonds. The van der Waals surface area contributed by atoms with Gasteiger partial charge in [0.05, 0.1) is 11.7 Å². The van der Waals surface area contributed by atoms with Crippen molar-refractivity contribution >= 4 is 11.8 Å². The summed E-state index contributed by atoms with van der Waals surface area (Å²) in [6, 6.07) is 9.27. The minimum atomic E-state index is -1.10. The van der Waals surface area contributed by atoms with Crippen molar-refractivity contribution < 1.29 is 24.5 Å². The first kappa shape index (κ1) is 26.1. The molecule has 2 aromatic rings. The molecule has 1 aromatic carbocycles. The number of rotatable bonds is 3. The van der Waals surface area contributed by atoms with E-state index in [4.69, 9.17) is 4.74 Å². The highest BCUT2D eigenvalue weighted by atomic mass is 16.5. The van der Waals surface area contributed by atoms with Crippen LogP contribution in [0.3, 0.4) is 0 Å². The van der Waals surface area contributed by atoms with E-state index in [1.165, 1.54) is 6.42 Å². The maximum absolute atomic E-state index is 13.0. The number of fused-ring (bicyclic) bond motifs is 1. The molecule has 36 heavy (non-hydrogen) atoms. The van der Waals surface area contributed by atoms with Gasteiger partial charge in [-0.1, -0.05) is 6.42 Å². The molecule has 1 aromatic heterocycles. The Morgan fingerprint density at radius 2 is 1.83 bits per heavy atom. The van der Waals surface area contributed by atoms with E-state index in [1.807, 2.05) is 18.0 Å². The van der Waals surface area contributed by atoms with Crippen LogP contribution in [0.1, 0.15) is 71.2 Å². The van der Waals surface area contributed by atoms with E-state index in [-0.39, 0.29) is 24.8 Å². The third-order valence-corrected chi connectivity index (χ3v) is 7.37. The van der Waals surface area contributed by atoms with Gasteiger partial charge in [0.2, 0.25) is 0 Å². The molecule has 2 heterocycles. The number of aliphatic hydroxyl groups is 2. The lowest BCUT2D eigenvalue weighted by molar-refractivity contribution is -0.0153. The van der Waals surface area contributed by atoms with Crippen molar-refractivity contribution in [3.63, 3.8) is 0 Å². The summed E-state index contributed by atoms with van der Waals surface area (Å²) in [6.45, 7) is 0.827. The van der Waals surface area contributed by atoms with E-state index < -0.39 is 12.2 Å². The van der Waals surface area contributed by atoms with Gasteiger partial charge in [-0.3, -0.25) is 14.6 Å². The van der Waals surface area contributed by atoms with Crippen molar-refractivity contribution in [3.05, 3.63) is 59.4 Å². The molecule has 194 valence electrons. The molecule has 0 radical (unpaired) electrons. The van der Waals surface area contributed by atoms with Crippen molar-refractivity contribution in [3.8, 4) is 5.75 Å². The summed E-state index contributed by atoms with van der Waals surface area (Å²) in [7, 11) is 1.87. The van der Waals surface area contributed by atoms with Gasteiger partial charge in [-0.15, -0.1) is 0 Å². The summed E-state index contributed by atoms with van der Waals surface area (Å²) in [4.78, 5) is 33.6. The van der Waals surface area contributed by atoms with Gasteiger partial charge in [-0.2, -0.15) is 0 Å². The van der Waals surface area contributed by atoms with E-state index >= 15 is 0 Å². The summed E-state index contributed by atoms with van der Waals surface area (Å²) in [6.07, 6.45) is 7.88. The molecular formula is C28H37N3O5. The second-order valence-corrected chi connectivity index (χ2v) is 9.90. The predicted octanol–water partition coefficient (Wildman–Crippen LogP) is 3.07. The zero-order chi connectivity index (χ0) is 25.5. The number of hydrogen-bond acceptors (Lipinski definition) is 6. The van der Waals surface area contributed by atoms with Gasteiger partial charge in [0.25, 0.3) is 11.8 Å². The third kappa shape index (κ3) is 6.42. The Kier molecular flexibility index (Phi) is 8.93. The van der Waals surface area contributed by atoms with Crippen molar-refractivity contribution in [2.75, 3.05) is 26.7 Å². The molecule has 0 bridgehead atoms. The number of aromatic nitrogens is 1. The highest BCUT2D eigenvalue weighted by molar-refractivity contribution is 5.95. The van der Waals surface area contributed by atoms with Gasteiger partial charge in [0.15, 0.2) is 0 Å². The molecule has 8 nitrogen and oxygen atoms in total. The predicted molar refractivity (Wildman–Crippen MR) is 136 cm³/mol. The summed E-state index contributed by atoms with van der Waals surface area (Å²) < 4.78 is 5.91. The average molecular weight is 496 g/mol. The average Bonchev–Trinajstić information content (AvgIpc) is 2.87. The molecule has 4 rings (SSSR count). The first-order chi connectivity index (χ1) is 17.4. The number of aryl methyl sites for hydroxylation is 1. The Labute approximate surface area is 212 Å². The standard InChI is InChI=1S/C28H37N3O5/c1-30(23-9-5-10-23)27(34)21-11-12-26-20(17-21)7-3-2-4-15-31(16-13-24(32)25(33)19-36-26)28(35)22-8-6-14-29-18-22/h6,8,11-12,14,17-18,23-25,32-33H,2-5,7,9-10,13,15-16,19H2,1H3/t24-,25+/m0/s1. The molecule has 1 fully saturated rings. The van der Waals surface area contributed by atoms with Crippen LogP contribution in [-0.2, 0) is 6.42 Å². The summed E-state index contributed by atoms with van der Waals surface area (Å²) in [5, 5.41) is 21.1. The lowest BCUT2D eigenvalue weighted by Crippen LogP contribution is -2.41. The molecular weight excluding hydrogens is 458 g/mol. The second kappa shape index (κ2) is 12.3. The summed E-state index contributed by atoms with van der Waals surface area (Å²) in [5.74, 6) is 0.522. The minimum absolute atomic E-state index is 0.0157.